The number of ether oxygens (including phenoxy) is 1. The molecule has 1 aliphatic rings. The zero-order chi connectivity index (χ0) is 24.4. The van der Waals surface area contributed by atoms with Gasteiger partial charge in [0.1, 0.15) is 23.1 Å². The van der Waals surface area contributed by atoms with E-state index < -0.39 is 23.4 Å². The van der Waals surface area contributed by atoms with Gasteiger partial charge in [0.05, 0.1) is 35.5 Å². The zero-order valence-electron chi connectivity index (χ0n) is 18.7. The van der Waals surface area contributed by atoms with Crippen molar-refractivity contribution in [2.75, 3.05) is 29.0 Å². The van der Waals surface area contributed by atoms with Crippen LogP contribution >= 0.6 is 0 Å². The largest absolute Gasteiger partial charge is 0.396 e. The second-order valence-electron chi connectivity index (χ2n) is 8.23. The van der Waals surface area contributed by atoms with E-state index in [0.29, 0.717) is 18.8 Å². The summed E-state index contributed by atoms with van der Waals surface area (Å²) in [5, 5.41) is 2.73. The molecule has 1 aliphatic heterocycles. The molecule has 0 saturated carbocycles. The molecule has 1 fully saturated rings. The molecule has 7 nitrogen and oxygen atoms in total. The van der Waals surface area contributed by atoms with Crippen LogP contribution in [0.5, 0.6) is 0 Å². The van der Waals surface area contributed by atoms with Crippen molar-refractivity contribution in [3.8, 4) is 0 Å². The fraction of sp³-hybridized carbons (Fsp3) is 0.292. The van der Waals surface area contributed by atoms with E-state index in [0.717, 1.165) is 12.1 Å². The number of benzene rings is 2. The number of carbonyl (C=O) groups is 1. The Kier molecular flexibility index (Phi) is 6.69. The van der Waals surface area contributed by atoms with E-state index in [1.807, 2.05) is 18.7 Å². The van der Waals surface area contributed by atoms with Gasteiger partial charge >= 0.3 is 0 Å². The number of nitrogens with two attached hydrogens (primary N) is 1. The predicted octanol–water partition coefficient (Wildman–Crippen LogP) is 3.93. The Bertz CT molecular complexity index is 1180. The van der Waals surface area contributed by atoms with Crippen molar-refractivity contribution in [2.45, 2.75) is 32.5 Å². The van der Waals surface area contributed by atoms with Crippen LogP contribution < -0.4 is 16.0 Å². The second-order valence-corrected chi connectivity index (χ2v) is 8.23. The number of hydrogen-bond donors (Lipinski definition) is 2. The number of nitrogen functional groups attached to an aromatic ring is 1. The quantitative estimate of drug-likeness (QED) is 0.548. The first-order valence-electron chi connectivity index (χ1n) is 10.8. The summed E-state index contributed by atoms with van der Waals surface area (Å²) in [6.45, 7) is 4.58. The van der Waals surface area contributed by atoms with Gasteiger partial charge in [-0.2, -0.15) is 0 Å². The highest BCUT2D eigenvalue weighted by atomic mass is 19.1. The van der Waals surface area contributed by atoms with Crippen LogP contribution in [0.1, 0.15) is 35.5 Å². The lowest BCUT2D eigenvalue weighted by Crippen LogP contribution is -2.46. The number of amides is 1. The van der Waals surface area contributed by atoms with Gasteiger partial charge in [-0.1, -0.05) is 6.07 Å². The number of nitrogens with zero attached hydrogens (tertiary/aromatic N) is 3. The molecule has 4 rings (SSSR count). The SMILES string of the molecule is CC1CN(c2cc(F)c(N)c(Cc3c(F)cccc3F)c2NC(=O)c2cnccn2)CC(C)O1. The summed E-state index contributed by atoms with van der Waals surface area (Å²) < 4.78 is 49.8. The highest BCUT2D eigenvalue weighted by Crippen LogP contribution is 2.39. The number of rotatable bonds is 5. The first-order valence-corrected chi connectivity index (χ1v) is 10.8. The molecule has 0 spiro atoms. The Morgan fingerprint density at radius 1 is 1.12 bits per heavy atom. The Morgan fingerprint density at radius 3 is 2.41 bits per heavy atom. The van der Waals surface area contributed by atoms with Crippen molar-refractivity contribution in [3.63, 3.8) is 0 Å². The molecular weight excluding hydrogens is 447 g/mol. The molecule has 3 aromatic rings. The van der Waals surface area contributed by atoms with E-state index in [2.05, 4.69) is 15.3 Å². The van der Waals surface area contributed by atoms with Crippen molar-refractivity contribution in [1.82, 2.24) is 9.97 Å². The number of hydrogen-bond acceptors (Lipinski definition) is 6. The van der Waals surface area contributed by atoms with E-state index in [1.54, 1.807) is 0 Å². The minimum atomic E-state index is -0.801. The maximum absolute atomic E-state index is 15.0. The lowest BCUT2D eigenvalue weighted by molar-refractivity contribution is -0.00519. The van der Waals surface area contributed by atoms with Crippen LogP contribution in [0.3, 0.4) is 0 Å². The van der Waals surface area contributed by atoms with Gasteiger partial charge < -0.3 is 20.7 Å². The summed E-state index contributed by atoms with van der Waals surface area (Å²) in [6, 6.07) is 4.67. The first-order chi connectivity index (χ1) is 16.2. The molecule has 3 N–H and O–H groups in total. The summed E-state index contributed by atoms with van der Waals surface area (Å²) in [7, 11) is 0. The van der Waals surface area contributed by atoms with Crippen LogP contribution in [-0.2, 0) is 11.2 Å². The molecule has 2 atom stereocenters. The van der Waals surface area contributed by atoms with E-state index in [1.165, 1.54) is 30.7 Å². The van der Waals surface area contributed by atoms with Gasteiger partial charge in [0.25, 0.3) is 5.91 Å². The minimum Gasteiger partial charge on any atom is -0.396 e. The number of aromatic nitrogens is 2. The van der Waals surface area contributed by atoms with Gasteiger partial charge in [-0.15, -0.1) is 0 Å². The summed E-state index contributed by atoms with van der Waals surface area (Å²) in [5.74, 6) is -2.98. The topological polar surface area (TPSA) is 93.4 Å². The maximum Gasteiger partial charge on any atom is 0.275 e. The van der Waals surface area contributed by atoms with Crippen LogP contribution in [0.2, 0.25) is 0 Å². The molecule has 1 aromatic heterocycles. The third-order valence-electron chi connectivity index (χ3n) is 5.61. The van der Waals surface area contributed by atoms with Gasteiger partial charge in [-0.3, -0.25) is 9.78 Å². The number of halogens is 3. The normalized spacial score (nSPS) is 18.1. The van der Waals surface area contributed by atoms with Gasteiger partial charge in [-0.05, 0) is 26.0 Å². The molecule has 10 heteroatoms. The number of morpholine rings is 1. The van der Waals surface area contributed by atoms with Crippen LogP contribution in [0.15, 0.2) is 42.9 Å². The summed E-state index contributed by atoms with van der Waals surface area (Å²) in [6.07, 6.45) is 3.34. The predicted molar refractivity (Wildman–Crippen MR) is 122 cm³/mol. The van der Waals surface area contributed by atoms with E-state index in [4.69, 9.17) is 10.5 Å². The highest BCUT2D eigenvalue weighted by molar-refractivity contribution is 6.05. The van der Waals surface area contributed by atoms with Gasteiger partial charge in [0.15, 0.2) is 0 Å². The number of anilines is 3. The summed E-state index contributed by atoms with van der Waals surface area (Å²) in [4.78, 5) is 22.7. The molecule has 0 radical (unpaired) electrons. The fourth-order valence-electron chi connectivity index (χ4n) is 4.12. The van der Waals surface area contributed by atoms with Crippen LogP contribution in [-0.4, -0.2) is 41.2 Å². The number of carbonyl (C=O) groups excluding carboxylic acids is 1. The third kappa shape index (κ3) is 4.81. The highest BCUT2D eigenvalue weighted by Gasteiger charge is 2.29. The Labute approximate surface area is 194 Å². The van der Waals surface area contributed by atoms with Crippen molar-refractivity contribution in [2.24, 2.45) is 0 Å². The molecule has 178 valence electrons. The molecule has 34 heavy (non-hydrogen) atoms. The van der Waals surface area contributed by atoms with E-state index in [9.17, 15) is 13.6 Å². The Hall–Kier alpha value is -3.66. The number of nitrogens with one attached hydrogen (secondary N) is 1. The fourth-order valence-corrected chi connectivity index (χ4v) is 4.12. The maximum atomic E-state index is 15.0. The summed E-state index contributed by atoms with van der Waals surface area (Å²) >= 11 is 0. The van der Waals surface area contributed by atoms with E-state index in [-0.39, 0.29) is 46.8 Å². The van der Waals surface area contributed by atoms with Crippen molar-refractivity contribution in [3.05, 3.63) is 77.1 Å². The average Bonchev–Trinajstić information content (AvgIpc) is 2.80. The molecule has 2 aromatic carbocycles. The van der Waals surface area contributed by atoms with E-state index >= 15 is 4.39 Å². The lowest BCUT2D eigenvalue weighted by atomic mass is 9.98. The molecule has 1 saturated heterocycles. The van der Waals surface area contributed by atoms with Crippen molar-refractivity contribution in [1.29, 1.82) is 0 Å². The van der Waals surface area contributed by atoms with Gasteiger partial charge in [0, 0.05) is 49.1 Å². The van der Waals surface area contributed by atoms with Crippen LogP contribution in [0, 0.1) is 17.5 Å². The monoisotopic (exact) mass is 471 g/mol. The standard InChI is InChI=1S/C24H24F3N5O2/c1-13-11-32(12-14(2)34-13)21-9-19(27)22(28)16(8-15-17(25)4-3-5-18(15)26)23(21)31-24(33)20-10-29-6-7-30-20/h3-7,9-10,13-14H,8,11-12,28H2,1-2H3,(H,31,33). The Morgan fingerprint density at radius 2 is 1.79 bits per heavy atom. The molecular formula is C24H24F3N5O2. The van der Waals surface area contributed by atoms with Crippen molar-refractivity contribution >= 4 is 23.0 Å². The molecule has 0 aliphatic carbocycles. The molecule has 0 bridgehead atoms. The average molecular weight is 471 g/mol. The van der Waals surface area contributed by atoms with Crippen LogP contribution in [0.25, 0.3) is 0 Å². The second kappa shape index (κ2) is 9.68. The zero-order valence-corrected chi connectivity index (χ0v) is 18.7. The lowest BCUT2D eigenvalue weighted by Gasteiger charge is -2.38. The molecule has 2 heterocycles. The Balaban J connectivity index is 1.86. The molecule has 1 amide bonds. The van der Waals surface area contributed by atoms with Crippen LogP contribution in [0.4, 0.5) is 30.2 Å². The van der Waals surface area contributed by atoms with Crippen molar-refractivity contribution < 1.29 is 22.7 Å². The van der Waals surface area contributed by atoms with Gasteiger partial charge in [-0.25, -0.2) is 18.2 Å². The van der Waals surface area contributed by atoms with Gasteiger partial charge in [0.2, 0.25) is 0 Å². The summed E-state index contributed by atoms with van der Waals surface area (Å²) in [5.41, 5.74) is 6.02. The molecule has 2 unspecified atom stereocenters. The first kappa shape index (κ1) is 23.5. The smallest absolute Gasteiger partial charge is 0.275 e. The minimum absolute atomic E-state index is 0.0167. The third-order valence-corrected chi connectivity index (χ3v) is 5.61.